The summed E-state index contributed by atoms with van der Waals surface area (Å²) in [4.78, 5) is 26.6. The van der Waals surface area contributed by atoms with Gasteiger partial charge in [0.1, 0.15) is 5.75 Å². The van der Waals surface area contributed by atoms with E-state index in [0.717, 1.165) is 11.8 Å². The Balaban J connectivity index is 2.16. The lowest BCUT2D eigenvalue weighted by Gasteiger charge is -2.07. The van der Waals surface area contributed by atoms with Crippen LogP contribution in [0.2, 0.25) is 5.02 Å². The van der Waals surface area contributed by atoms with E-state index in [4.69, 9.17) is 22.1 Å². The van der Waals surface area contributed by atoms with Gasteiger partial charge >= 0.3 is 6.03 Å². The monoisotopic (exact) mass is 355 g/mol. The van der Waals surface area contributed by atoms with Crippen molar-refractivity contribution in [3.63, 3.8) is 0 Å². The van der Waals surface area contributed by atoms with Gasteiger partial charge in [0.05, 0.1) is 17.9 Å². The third-order valence-electron chi connectivity index (χ3n) is 2.78. The number of benzene rings is 1. The molecule has 1 heterocycles. The molecule has 0 aliphatic rings. The van der Waals surface area contributed by atoms with E-state index >= 15 is 0 Å². The number of thioether (sulfide) groups is 1. The summed E-state index contributed by atoms with van der Waals surface area (Å²) in [6, 6.07) is 4.21. The Kier molecular flexibility index (Phi) is 5.45. The van der Waals surface area contributed by atoms with Crippen LogP contribution in [0.5, 0.6) is 5.75 Å². The molecule has 0 saturated heterocycles. The number of rotatable bonds is 5. The van der Waals surface area contributed by atoms with E-state index < -0.39 is 17.2 Å². The maximum Gasteiger partial charge on any atom is 0.318 e. The second-order valence-electron chi connectivity index (χ2n) is 4.42. The minimum Gasteiger partial charge on any atom is -0.496 e. The molecule has 0 aliphatic heterocycles. The zero-order chi connectivity index (χ0) is 17.0. The van der Waals surface area contributed by atoms with Crippen molar-refractivity contribution in [2.24, 2.45) is 5.73 Å². The highest BCUT2D eigenvalue weighted by Gasteiger charge is 2.19. The SMILES string of the molecule is COc1ccc(Cl)cc1-c1nc(S[C@@H](C)C(=O)NC(N)=O)n[nH]1. The first-order chi connectivity index (χ1) is 10.9. The molecule has 0 radical (unpaired) electrons. The Morgan fingerprint density at radius 1 is 1.48 bits per heavy atom. The van der Waals surface area contributed by atoms with E-state index in [1.807, 2.05) is 5.32 Å². The predicted octanol–water partition coefficient (Wildman–Crippen LogP) is 1.81. The van der Waals surface area contributed by atoms with Crippen LogP contribution in [0.1, 0.15) is 6.92 Å². The number of halogens is 1. The van der Waals surface area contributed by atoms with Gasteiger partial charge in [0, 0.05) is 5.02 Å². The lowest BCUT2D eigenvalue weighted by Crippen LogP contribution is -2.39. The van der Waals surface area contributed by atoms with Crippen LogP contribution in [-0.2, 0) is 4.79 Å². The van der Waals surface area contributed by atoms with Crippen molar-refractivity contribution in [3.8, 4) is 17.1 Å². The van der Waals surface area contributed by atoms with Crippen molar-refractivity contribution in [1.82, 2.24) is 20.5 Å². The number of methoxy groups -OCH3 is 1. The number of nitrogens with zero attached hydrogens (tertiary/aromatic N) is 2. The maximum absolute atomic E-state index is 11.6. The predicted molar refractivity (Wildman–Crippen MR) is 86.4 cm³/mol. The summed E-state index contributed by atoms with van der Waals surface area (Å²) in [5.41, 5.74) is 5.55. The molecule has 10 heteroatoms. The normalized spacial score (nSPS) is 11.8. The molecule has 122 valence electrons. The average Bonchev–Trinajstić information content (AvgIpc) is 2.94. The van der Waals surface area contributed by atoms with E-state index in [0.29, 0.717) is 27.3 Å². The number of H-pyrrole nitrogens is 1. The second kappa shape index (κ2) is 7.34. The molecule has 2 rings (SSSR count). The summed E-state index contributed by atoms with van der Waals surface area (Å²) >= 11 is 7.07. The largest absolute Gasteiger partial charge is 0.496 e. The molecule has 8 nitrogen and oxygen atoms in total. The van der Waals surface area contributed by atoms with Gasteiger partial charge < -0.3 is 10.5 Å². The molecule has 0 unspecified atom stereocenters. The summed E-state index contributed by atoms with van der Waals surface area (Å²) in [5, 5.41) is 9.08. The van der Waals surface area contributed by atoms with Gasteiger partial charge in [-0.1, -0.05) is 23.4 Å². The lowest BCUT2D eigenvalue weighted by atomic mass is 10.2. The van der Waals surface area contributed by atoms with Crippen LogP contribution >= 0.6 is 23.4 Å². The summed E-state index contributed by atoms with van der Waals surface area (Å²) < 4.78 is 5.26. The number of hydrogen-bond acceptors (Lipinski definition) is 6. The summed E-state index contributed by atoms with van der Waals surface area (Å²) in [6.45, 7) is 1.61. The Labute approximate surface area is 141 Å². The molecule has 0 spiro atoms. The van der Waals surface area contributed by atoms with Gasteiger partial charge in [-0.3, -0.25) is 15.2 Å². The molecule has 0 fully saturated rings. The number of aromatic amines is 1. The molecule has 0 bridgehead atoms. The average molecular weight is 356 g/mol. The van der Waals surface area contributed by atoms with Crippen LogP contribution in [0, 0.1) is 0 Å². The summed E-state index contributed by atoms with van der Waals surface area (Å²) in [6.07, 6.45) is 0. The number of carbonyl (C=O) groups excluding carboxylic acids is 2. The molecule has 0 aliphatic carbocycles. The van der Waals surface area contributed by atoms with Crippen LogP contribution in [0.25, 0.3) is 11.4 Å². The van der Waals surface area contributed by atoms with Crippen LogP contribution in [0.15, 0.2) is 23.4 Å². The number of urea groups is 1. The standard InChI is InChI=1S/C13H14ClN5O3S/c1-6(11(20)17-12(15)21)23-13-16-10(18-19-13)8-5-7(14)3-4-9(8)22-2/h3-6H,1-2H3,(H,16,18,19)(H3,15,17,20,21)/t6-/m0/s1. The molecule has 3 amide bonds. The molecule has 1 atom stereocenters. The molecule has 1 aromatic heterocycles. The van der Waals surface area contributed by atoms with Crippen LogP contribution in [0.4, 0.5) is 4.79 Å². The number of primary amides is 1. The zero-order valence-corrected chi connectivity index (χ0v) is 13.9. The number of ether oxygens (including phenoxy) is 1. The molecule has 2 aromatic rings. The minimum absolute atomic E-state index is 0.342. The number of aromatic nitrogens is 3. The Hall–Kier alpha value is -2.26. The van der Waals surface area contributed by atoms with Gasteiger partial charge in [0.2, 0.25) is 11.1 Å². The van der Waals surface area contributed by atoms with Crippen molar-refractivity contribution in [3.05, 3.63) is 23.2 Å². The fraction of sp³-hybridized carbons (Fsp3) is 0.231. The zero-order valence-electron chi connectivity index (χ0n) is 12.3. The second-order valence-corrected chi connectivity index (χ2v) is 6.17. The molecule has 0 saturated carbocycles. The van der Waals surface area contributed by atoms with Gasteiger partial charge in [-0.05, 0) is 25.1 Å². The van der Waals surface area contributed by atoms with Crippen molar-refractivity contribution in [1.29, 1.82) is 0 Å². The number of hydrogen-bond donors (Lipinski definition) is 3. The summed E-state index contributed by atoms with van der Waals surface area (Å²) in [7, 11) is 1.54. The van der Waals surface area contributed by atoms with Crippen molar-refractivity contribution < 1.29 is 14.3 Å². The number of imide groups is 1. The number of amides is 3. The number of nitrogens with two attached hydrogens (primary N) is 1. The van der Waals surface area contributed by atoms with E-state index in [-0.39, 0.29) is 0 Å². The topological polar surface area (TPSA) is 123 Å². The first-order valence-corrected chi connectivity index (χ1v) is 7.69. The first kappa shape index (κ1) is 17.1. The third kappa shape index (κ3) is 4.36. The fourth-order valence-electron chi connectivity index (χ4n) is 1.72. The highest BCUT2D eigenvalue weighted by molar-refractivity contribution is 8.00. The van der Waals surface area contributed by atoms with E-state index in [1.165, 1.54) is 7.11 Å². The van der Waals surface area contributed by atoms with Gasteiger partial charge in [-0.25, -0.2) is 9.78 Å². The highest BCUT2D eigenvalue weighted by Crippen LogP contribution is 2.31. The molecule has 1 aromatic carbocycles. The lowest BCUT2D eigenvalue weighted by molar-refractivity contribution is -0.119. The Morgan fingerprint density at radius 3 is 2.87 bits per heavy atom. The highest BCUT2D eigenvalue weighted by atomic mass is 35.5. The summed E-state index contributed by atoms with van der Waals surface area (Å²) in [5.74, 6) is 0.519. The Morgan fingerprint density at radius 2 is 2.22 bits per heavy atom. The van der Waals surface area contributed by atoms with Crippen molar-refractivity contribution in [2.75, 3.05) is 7.11 Å². The Bertz CT molecular complexity index is 736. The van der Waals surface area contributed by atoms with Gasteiger partial charge in [-0.2, -0.15) is 0 Å². The quantitative estimate of drug-likeness (QED) is 0.703. The van der Waals surface area contributed by atoms with E-state index in [1.54, 1.807) is 25.1 Å². The van der Waals surface area contributed by atoms with Gasteiger partial charge in [-0.15, -0.1) is 5.10 Å². The number of nitrogens with one attached hydrogen (secondary N) is 2. The minimum atomic E-state index is -0.901. The molecule has 4 N–H and O–H groups in total. The van der Waals surface area contributed by atoms with Crippen LogP contribution < -0.4 is 15.8 Å². The van der Waals surface area contributed by atoms with E-state index in [9.17, 15) is 9.59 Å². The fourth-order valence-corrected chi connectivity index (χ4v) is 2.62. The number of carbonyl (C=O) groups is 2. The van der Waals surface area contributed by atoms with Gasteiger partial charge in [0.25, 0.3) is 0 Å². The maximum atomic E-state index is 11.6. The first-order valence-electron chi connectivity index (χ1n) is 6.44. The van der Waals surface area contributed by atoms with Crippen molar-refractivity contribution in [2.45, 2.75) is 17.3 Å². The van der Waals surface area contributed by atoms with Crippen molar-refractivity contribution >= 4 is 35.3 Å². The molecule has 23 heavy (non-hydrogen) atoms. The van der Waals surface area contributed by atoms with E-state index in [2.05, 4.69) is 15.2 Å². The smallest absolute Gasteiger partial charge is 0.318 e. The molecular weight excluding hydrogens is 342 g/mol. The van der Waals surface area contributed by atoms with Crippen LogP contribution in [0.3, 0.4) is 0 Å². The van der Waals surface area contributed by atoms with Crippen LogP contribution in [-0.4, -0.2) is 39.5 Å². The third-order valence-corrected chi connectivity index (χ3v) is 3.98. The molecular formula is C13H14ClN5O3S. The van der Waals surface area contributed by atoms with Gasteiger partial charge in [0.15, 0.2) is 5.82 Å².